The second-order valence-electron chi connectivity index (χ2n) is 5.50. The molecule has 1 unspecified atom stereocenters. The van der Waals surface area contributed by atoms with Crippen molar-refractivity contribution in [3.05, 3.63) is 58.1 Å². The molecule has 0 saturated carbocycles. The van der Waals surface area contributed by atoms with Crippen molar-refractivity contribution in [3.8, 4) is 0 Å². The third-order valence-electron chi connectivity index (χ3n) is 3.89. The molecule has 2 aromatic rings. The Hall–Kier alpha value is -0.970. The van der Waals surface area contributed by atoms with E-state index in [1.165, 1.54) is 28.2 Å². The third-order valence-corrected chi connectivity index (χ3v) is 5.51. The molecule has 4 heteroatoms. The number of anilines is 1. The first-order chi connectivity index (χ1) is 10.1. The Morgan fingerprint density at radius 1 is 1.29 bits per heavy atom. The summed E-state index contributed by atoms with van der Waals surface area (Å²) in [5.74, 6) is 1.18. The molecule has 0 radical (unpaired) electrons. The van der Waals surface area contributed by atoms with Gasteiger partial charge in [0.2, 0.25) is 0 Å². The van der Waals surface area contributed by atoms with Gasteiger partial charge in [0.1, 0.15) is 0 Å². The van der Waals surface area contributed by atoms with E-state index >= 15 is 0 Å². The van der Waals surface area contributed by atoms with Gasteiger partial charge in [-0.25, -0.2) is 0 Å². The lowest BCUT2D eigenvalue weighted by molar-refractivity contribution is 0.227. The third kappa shape index (κ3) is 3.44. The molecule has 3 rings (SSSR count). The number of nitrogens with zero attached hydrogens (tertiary/aromatic N) is 1. The average Bonchev–Trinajstić information content (AvgIpc) is 2.46. The van der Waals surface area contributed by atoms with Gasteiger partial charge in [-0.05, 0) is 60.7 Å². The molecule has 2 nitrogen and oxygen atoms in total. The predicted octanol–water partition coefficient (Wildman–Crippen LogP) is 4.70. The highest BCUT2D eigenvalue weighted by Crippen LogP contribution is 2.40. The molecular formula is C17H19BrN2S. The van der Waals surface area contributed by atoms with Crippen LogP contribution in [0.3, 0.4) is 0 Å². The van der Waals surface area contributed by atoms with Crippen LogP contribution in [0.25, 0.3) is 0 Å². The van der Waals surface area contributed by atoms with E-state index in [9.17, 15) is 0 Å². The van der Waals surface area contributed by atoms with Gasteiger partial charge in [-0.2, -0.15) is 0 Å². The molecule has 2 N–H and O–H groups in total. The fraction of sp³-hybridized carbons (Fsp3) is 0.294. The number of halogens is 1. The molecule has 0 aromatic heterocycles. The highest BCUT2D eigenvalue weighted by atomic mass is 79.9. The number of rotatable bonds is 3. The highest BCUT2D eigenvalue weighted by Gasteiger charge is 2.24. The second-order valence-corrected chi connectivity index (χ2v) is 7.55. The van der Waals surface area contributed by atoms with Gasteiger partial charge >= 0.3 is 0 Å². The van der Waals surface area contributed by atoms with Crippen molar-refractivity contribution in [2.24, 2.45) is 0 Å². The van der Waals surface area contributed by atoms with Gasteiger partial charge in [-0.3, -0.25) is 4.90 Å². The lowest BCUT2D eigenvalue weighted by Gasteiger charge is -2.33. The van der Waals surface area contributed by atoms with Crippen molar-refractivity contribution in [2.45, 2.75) is 23.9 Å². The SMILES string of the molecule is CN(Cc1cccc(N)c1)C1CCSc2ccc(Br)cc21. The maximum Gasteiger partial charge on any atom is 0.0368 e. The van der Waals surface area contributed by atoms with Gasteiger partial charge in [-0.1, -0.05) is 28.1 Å². The highest BCUT2D eigenvalue weighted by molar-refractivity contribution is 9.10. The molecule has 1 atom stereocenters. The summed E-state index contributed by atoms with van der Waals surface area (Å²) in [6, 6.07) is 15.3. The minimum Gasteiger partial charge on any atom is -0.399 e. The number of benzene rings is 2. The van der Waals surface area contributed by atoms with Crippen LogP contribution < -0.4 is 5.73 Å². The van der Waals surface area contributed by atoms with Crippen molar-refractivity contribution < 1.29 is 0 Å². The summed E-state index contributed by atoms with van der Waals surface area (Å²) >= 11 is 5.56. The molecule has 0 saturated heterocycles. The molecule has 1 heterocycles. The van der Waals surface area contributed by atoms with E-state index in [1.54, 1.807) is 0 Å². The van der Waals surface area contributed by atoms with E-state index in [1.807, 2.05) is 23.9 Å². The second kappa shape index (κ2) is 6.42. The van der Waals surface area contributed by atoms with E-state index in [4.69, 9.17) is 5.73 Å². The lowest BCUT2D eigenvalue weighted by atomic mass is 10.0. The first-order valence-electron chi connectivity index (χ1n) is 7.10. The maximum atomic E-state index is 5.88. The molecule has 0 fully saturated rings. The zero-order chi connectivity index (χ0) is 14.8. The van der Waals surface area contributed by atoms with Crippen LogP contribution in [0.1, 0.15) is 23.6 Å². The molecule has 0 aliphatic carbocycles. The minimum absolute atomic E-state index is 0.472. The Morgan fingerprint density at radius 2 is 2.14 bits per heavy atom. The molecule has 21 heavy (non-hydrogen) atoms. The summed E-state index contributed by atoms with van der Waals surface area (Å²) in [7, 11) is 2.20. The quantitative estimate of drug-likeness (QED) is 0.802. The predicted molar refractivity (Wildman–Crippen MR) is 94.5 cm³/mol. The summed E-state index contributed by atoms with van der Waals surface area (Å²) in [6.45, 7) is 0.923. The van der Waals surface area contributed by atoms with Crippen molar-refractivity contribution in [3.63, 3.8) is 0 Å². The number of nitrogens with two attached hydrogens (primary N) is 1. The zero-order valence-electron chi connectivity index (χ0n) is 12.1. The largest absolute Gasteiger partial charge is 0.399 e. The van der Waals surface area contributed by atoms with E-state index in [-0.39, 0.29) is 0 Å². The summed E-state index contributed by atoms with van der Waals surface area (Å²) in [6.07, 6.45) is 1.19. The van der Waals surface area contributed by atoms with Gasteiger partial charge in [0.15, 0.2) is 0 Å². The average molecular weight is 363 g/mol. The van der Waals surface area contributed by atoms with E-state index in [0.29, 0.717) is 6.04 Å². The summed E-state index contributed by atoms with van der Waals surface area (Å²) in [4.78, 5) is 3.84. The van der Waals surface area contributed by atoms with E-state index in [2.05, 4.69) is 58.2 Å². The Balaban J connectivity index is 1.83. The van der Waals surface area contributed by atoms with Gasteiger partial charge in [0.05, 0.1) is 0 Å². The van der Waals surface area contributed by atoms with Crippen LogP contribution in [0.2, 0.25) is 0 Å². The Bertz CT molecular complexity index is 644. The van der Waals surface area contributed by atoms with Crippen LogP contribution in [0.5, 0.6) is 0 Å². The van der Waals surface area contributed by atoms with Crippen LogP contribution in [0.15, 0.2) is 51.8 Å². The number of hydrogen-bond acceptors (Lipinski definition) is 3. The number of hydrogen-bond donors (Lipinski definition) is 1. The van der Waals surface area contributed by atoms with Gasteiger partial charge in [-0.15, -0.1) is 11.8 Å². The van der Waals surface area contributed by atoms with Crippen LogP contribution in [-0.2, 0) is 6.54 Å². The van der Waals surface area contributed by atoms with Crippen LogP contribution in [-0.4, -0.2) is 17.7 Å². The van der Waals surface area contributed by atoms with E-state index < -0.39 is 0 Å². The Morgan fingerprint density at radius 3 is 2.95 bits per heavy atom. The molecule has 1 aliphatic heterocycles. The van der Waals surface area contributed by atoms with E-state index in [0.717, 1.165) is 16.7 Å². The first kappa shape index (κ1) is 14.9. The smallest absolute Gasteiger partial charge is 0.0368 e. The summed E-state index contributed by atoms with van der Waals surface area (Å²) < 4.78 is 1.16. The fourth-order valence-electron chi connectivity index (χ4n) is 2.89. The van der Waals surface area contributed by atoms with Crippen LogP contribution in [0, 0.1) is 0 Å². The molecular weight excluding hydrogens is 344 g/mol. The standard InChI is InChI=1S/C17H19BrN2S/c1-20(11-12-3-2-4-14(19)9-12)16-7-8-21-17-6-5-13(18)10-15(16)17/h2-6,9-10,16H,7-8,11,19H2,1H3. The van der Waals surface area contributed by atoms with Gasteiger partial charge < -0.3 is 5.73 Å². The number of fused-ring (bicyclic) bond motifs is 1. The summed E-state index contributed by atoms with van der Waals surface area (Å²) in [5.41, 5.74) is 9.43. The normalized spacial score (nSPS) is 17.8. The van der Waals surface area contributed by atoms with Crippen molar-refractivity contribution in [1.29, 1.82) is 0 Å². The lowest BCUT2D eigenvalue weighted by Crippen LogP contribution is -2.27. The minimum atomic E-state index is 0.472. The molecule has 0 spiro atoms. The summed E-state index contributed by atoms with van der Waals surface area (Å²) in [5, 5.41) is 0. The topological polar surface area (TPSA) is 29.3 Å². The Labute approximate surface area is 138 Å². The molecule has 110 valence electrons. The molecule has 0 bridgehead atoms. The van der Waals surface area contributed by atoms with Gasteiger partial charge in [0, 0.05) is 27.6 Å². The molecule has 1 aliphatic rings. The van der Waals surface area contributed by atoms with Gasteiger partial charge in [0.25, 0.3) is 0 Å². The number of thioether (sulfide) groups is 1. The Kier molecular flexibility index (Phi) is 4.57. The van der Waals surface area contributed by atoms with Crippen molar-refractivity contribution in [2.75, 3.05) is 18.5 Å². The van der Waals surface area contributed by atoms with Crippen LogP contribution >= 0.6 is 27.7 Å². The zero-order valence-corrected chi connectivity index (χ0v) is 14.5. The van der Waals surface area contributed by atoms with Crippen molar-refractivity contribution in [1.82, 2.24) is 4.90 Å². The molecule has 0 amide bonds. The monoisotopic (exact) mass is 362 g/mol. The van der Waals surface area contributed by atoms with Crippen LogP contribution in [0.4, 0.5) is 5.69 Å². The molecule has 2 aromatic carbocycles. The first-order valence-corrected chi connectivity index (χ1v) is 8.88. The maximum absolute atomic E-state index is 5.88. The van der Waals surface area contributed by atoms with Crippen molar-refractivity contribution >= 4 is 33.4 Å². The fourth-order valence-corrected chi connectivity index (χ4v) is 4.36. The number of nitrogen functional groups attached to an aromatic ring is 1.